The lowest BCUT2D eigenvalue weighted by Crippen LogP contribution is -2.37. The number of aromatic hydroxyl groups is 1. The summed E-state index contributed by atoms with van der Waals surface area (Å²) in [5, 5.41) is 9.17. The number of rotatable bonds is 2. The summed E-state index contributed by atoms with van der Waals surface area (Å²) in [6, 6.07) is 1.09. The van der Waals surface area contributed by atoms with Crippen LogP contribution >= 0.6 is 11.6 Å². The van der Waals surface area contributed by atoms with Gasteiger partial charge in [0.15, 0.2) is 16.9 Å². The van der Waals surface area contributed by atoms with Gasteiger partial charge in [-0.2, -0.15) is 4.98 Å². The lowest BCUT2D eigenvalue weighted by molar-refractivity contribution is 0.409. The molecule has 3 heterocycles. The second-order valence-electron chi connectivity index (χ2n) is 4.94. The van der Waals surface area contributed by atoms with Crippen LogP contribution in [0.15, 0.2) is 31.1 Å². The molecular weight excluding hydrogens is 328 g/mol. The highest BCUT2D eigenvalue weighted by molar-refractivity contribution is 6.29. The van der Waals surface area contributed by atoms with Gasteiger partial charge in [0.25, 0.3) is 5.56 Å². The van der Waals surface area contributed by atoms with E-state index < -0.39 is 22.4 Å². The Kier molecular flexibility index (Phi) is 3.37. The van der Waals surface area contributed by atoms with E-state index >= 15 is 0 Å². The second kappa shape index (κ2) is 5.13. The molecule has 3 rings (SSSR count). The molecule has 0 saturated heterocycles. The summed E-state index contributed by atoms with van der Waals surface area (Å²) >= 11 is 6.06. The van der Waals surface area contributed by atoms with Crippen molar-refractivity contribution >= 4 is 22.8 Å². The number of aryl methyl sites for hydroxylation is 1. The average molecular weight is 339 g/mol. The van der Waals surface area contributed by atoms with Gasteiger partial charge in [-0.05, 0) is 11.6 Å². The van der Waals surface area contributed by atoms with Crippen LogP contribution < -0.4 is 16.7 Å². The molecule has 0 aliphatic rings. The molecule has 0 aliphatic heterocycles. The van der Waals surface area contributed by atoms with Crippen LogP contribution in [0.3, 0.4) is 0 Å². The fraction of sp³-hybridized carbons (Fsp3) is 0.231. The van der Waals surface area contributed by atoms with E-state index in [1.165, 1.54) is 23.2 Å². The van der Waals surface area contributed by atoms with E-state index in [9.17, 15) is 19.5 Å². The van der Waals surface area contributed by atoms with Crippen LogP contribution in [0, 0.1) is 0 Å². The van der Waals surface area contributed by atoms with Crippen LogP contribution in [0.25, 0.3) is 11.2 Å². The van der Waals surface area contributed by atoms with Crippen molar-refractivity contribution in [2.24, 2.45) is 14.1 Å². The van der Waals surface area contributed by atoms with E-state index in [1.54, 1.807) is 0 Å². The topological polar surface area (TPSA) is 112 Å². The minimum absolute atomic E-state index is 0.0333. The Morgan fingerprint density at radius 2 is 1.96 bits per heavy atom. The highest BCUT2D eigenvalue weighted by Crippen LogP contribution is 2.17. The molecule has 0 atom stereocenters. The zero-order chi connectivity index (χ0) is 16.9. The molecular formula is C13H11ClN4O5. The fourth-order valence-corrected chi connectivity index (χ4v) is 2.47. The first kappa shape index (κ1) is 15.1. The van der Waals surface area contributed by atoms with Gasteiger partial charge in [-0.15, -0.1) is 0 Å². The number of hydrogen-bond donors (Lipinski definition) is 1. The molecule has 1 N–H and O–H groups in total. The minimum Gasteiger partial charge on any atom is -0.502 e. The fourth-order valence-electron chi connectivity index (χ4n) is 2.25. The lowest BCUT2D eigenvalue weighted by atomic mass is 10.3. The number of aromatic nitrogens is 4. The molecule has 0 fully saturated rings. The van der Waals surface area contributed by atoms with Crippen LogP contribution in [-0.2, 0) is 20.6 Å². The summed E-state index contributed by atoms with van der Waals surface area (Å²) < 4.78 is 8.57. The molecule has 0 saturated carbocycles. The molecule has 10 heteroatoms. The Labute approximate surface area is 132 Å². The van der Waals surface area contributed by atoms with Crippen LogP contribution in [0.4, 0.5) is 0 Å². The van der Waals surface area contributed by atoms with Crippen molar-refractivity contribution in [3.63, 3.8) is 0 Å². The first-order valence-electron chi connectivity index (χ1n) is 6.43. The Bertz CT molecular complexity index is 1100. The first-order chi connectivity index (χ1) is 10.8. The van der Waals surface area contributed by atoms with Crippen molar-refractivity contribution in [3.05, 3.63) is 54.4 Å². The highest BCUT2D eigenvalue weighted by Gasteiger charge is 2.19. The van der Waals surface area contributed by atoms with Gasteiger partial charge in [-0.1, -0.05) is 0 Å². The van der Waals surface area contributed by atoms with Crippen molar-refractivity contribution < 1.29 is 9.52 Å². The minimum atomic E-state index is -0.618. The molecule has 120 valence electrons. The van der Waals surface area contributed by atoms with Crippen LogP contribution in [-0.4, -0.2) is 23.8 Å². The van der Waals surface area contributed by atoms with E-state index in [4.69, 9.17) is 16.0 Å². The Morgan fingerprint density at radius 3 is 2.61 bits per heavy atom. The smallest absolute Gasteiger partial charge is 0.332 e. The van der Waals surface area contributed by atoms with Gasteiger partial charge in [0.1, 0.15) is 12.0 Å². The van der Waals surface area contributed by atoms with Gasteiger partial charge in [0.05, 0.1) is 6.54 Å². The summed E-state index contributed by atoms with van der Waals surface area (Å²) in [4.78, 5) is 39.7. The van der Waals surface area contributed by atoms with E-state index in [0.717, 1.165) is 16.9 Å². The Hall–Kier alpha value is -2.81. The van der Waals surface area contributed by atoms with E-state index in [0.29, 0.717) is 0 Å². The van der Waals surface area contributed by atoms with Gasteiger partial charge in [-0.25, -0.2) is 4.79 Å². The number of halogens is 1. The molecule has 3 aromatic rings. The molecule has 0 spiro atoms. The van der Waals surface area contributed by atoms with Crippen LogP contribution in [0.2, 0.25) is 5.28 Å². The Morgan fingerprint density at radius 1 is 1.26 bits per heavy atom. The molecule has 0 unspecified atom stereocenters. The second-order valence-corrected chi connectivity index (χ2v) is 5.28. The maximum absolute atomic E-state index is 12.3. The Balaban J connectivity index is 2.28. The lowest BCUT2D eigenvalue weighted by Gasteiger charge is -2.06. The normalized spacial score (nSPS) is 11.3. The molecule has 0 amide bonds. The van der Waals surface area contributed by atoms with Crippen molar-refractivity contribution in [2.75, 3.05) is 0 Å². The summed E-state index contributed by atoms with van der Waals surface area (Å²) in [5.74, 6) is -0.349. The number of fused-ring (bicyclic) bond motifs is 1. The van der Waals surface area contributed by atoms with Gasteiger partial charge < -0.3 is 14.1 Å². The SMILES string of the molecule is Cn1c(=O)c2c(nc(Cl)n2Cc2cc(=O)c(O)co2)n(C)c1=O. The third-order valence-corrected chi connectivity index (χ3v) is 3.77. The van der Waals surface area contributed by atoms with Crippen molar-refractivity contribution in [3.8, 4) is 5.75 Å². The number of nitrogens with zero attached hydrogens (tertiary/aromatic N) is 4. The van der Waals surface area contributed by atoms with Crippen molar-refractivity contribution in [1.82, 2.24) is 18.7 Å². The summed E-state index contributed by atoms with van der Waals surface area (Å²) in [6.07, 6.45) is 0.901. The number of hydrogen-bond acceptors (Lipinski definition) is 6. The monoisotopic (exact) mass is 338 g/mol. The zero-order valence-corrected chi connectivity index (χ0v) is 12.9. The third-order valence-electron chi connectivity index (χ3n) is 3.48. The van der Waals surface area contributed by atoms with Gasteiger partial charge in [-0.3, -0.25) is 18.7 Å². The standard InChI is InChI=1S/C13H11ClN4O5/c1-16-10-9(11(21)17(2)13(16)22)18(12(14)15-10)4-6-3-7(19)8(20)5-23-6/h3,5,20H,4H2,1-2H3. The van der Waals surface area contributed by atoms with Gasteiger partial charge in [0, 0.05) is 20.2 Å². The van der Waals surface area contributed by atoms with E-state index in [-0.39, 0.29) is 28.8 Å². The molecule has 0 radical (unpaired) electrons. The predicted octanol–water partition coefficient (Wildman–Crippen LogP) is -0.206. The van der Waals surface area contributed by atoms with Crippen LogP contribution in [0.5, 0.6) is 5.75 Å². The average Bonchev–Trinajstić information content (AvgIpc) is 2.84. The summed E-state index contributed by atoms with van der Waals surface area (Å²) in [6.45, 7) is -0.0572. The summed E-state index contributed by atoms with van der Waals surface area (Å²) in [7, 11) is 2.81. The molecule has 3 aromatic heterocycles. The third kappa shape index (κ3) is 2.25. The van der Waals surface area contributed by atoms with E-state index in [2.05, 4.69) is 4.98 Å². The largest absolute Gasteiger partial charge is 0.502 e. The van der Waals surface area contributed by atoms with Crippen molar-refractivity contribution in [1.29, 1.82) is 0 Å². The first-order valence-corrected chi connectivity index (χ1v) is 6.81. The van der Waals surface area contributed by atoms with Crippen molar-refractivity contribution in [2.45, 2.75) is 6.54 Å². The predicted molar refractivity (Wildman–Crippen MR) is 81.0 cm³/mol. The van der Waals surface area contributed by atoms with Gasteiger partial charge in [0.2, 0.25) is 10.7 Å². The maximum Gasteiger partial charge on any atom is 0.332 e. The number of imidazole rings is 1. The summed E-state index contributed by atoms with van der Waals surface area (Å²) in [5.41, 5.74) is -1.48. The quantitative estimate of drug-likeness (QED) is 0.647. The van der Waals surface area contributed by atoms with Gasteiger partial charge >= 0.3 is 5.69 Å². The molecule has 0 aliphatic carbocycles. The molecule has 9 nitrogen and oxygen atoms in total. The van der Waals surface area contributed by atoms with E-state index in [1.807, 2.05) is 0 Å². The zero-order valence-electron chi connectivity index (χ0n) is 12.1. The molecule has 0 bridgehead atoms. The molecule has 0 aromatic carbocycles. The maximum atomic E-state index is 12.3. The highest BCUT2D eigenvalue weighted by atomic mass is 35.5. The molecule has 23 heavy (non-hydrogen) atoms. The van der Waals surface area contributed by atoms with Crippen LogP contribution in [0.1, 0.15) is 5.76 Å².